The summed E-state index contributed by atoms with van der Waals surface area (Å²) in [5.41, 5.74) is 0.771. The molecule has 0 aromatic heterocycles. The second kappa shape index (κ2) is 4.77. The molecule has 3 heteroatoms. The smallest absolute Gasteiger partial charge is 0.167 e. The summed E-state index contributed by atoms with van der Waals surface area (Å²) in [6.45, 7) is 1.84. The Morgan fingerprint density at radius 2 is 2.07 bits per heavy atom. The number of benzene rings is 1. The molecule has 2 nitrogen and oxygen atoms in total. The zero-order valence-electron chi connectivity index (χ0n) is 8.50. The summed E-state index contributed by atoms with van der Waals surface area (Å²) in [4.78, 5) is 12.0. The van der Waals surface area contributed by atoms with Crippen LogP contribution in [0, 0.1) is 5.92 Å². The topological polar surface area (TPSA) is 29.1 Å². The summed E-state index contributed by atoms with van der Waals surface area (Å²) in [5.74, 6) is 0.374. The van der Waals surface area contributed by atoms with Crippen LogP contribution in [-0.2, 0) is 0 Å². The van der Waals surface area contributed by atoms with E-state index in [9.17, 15) is 4.79 Å². The fourth-order valence-corrected chi connectivity index (χ4v) is 2.05. The number of hydrogen-bond acceptors (Lipinski definition) is 2. The summed E-state index contributed by atoms with van der Waals surface area (Å²) >= 11 is 5.78. The minimum Gasteiger partial charge on any atom is -0.316 e. The van der Waals surface area contributed by atoms with Gasteiger partial charge in [0.1, 0.15) is 0 Å². The molecule has 0 amide bonds. The van der Waals surface area contributed by atoms with Gasteiger partial charge in [-0.25, -0.2) is 0 Å². The first-order valence-electron chi connectivity index (χ1n) is 5.28. The third-order valence-electron chi connectivity index (χ3n) is 2.80. The second-order valence-electron chi connectivity index (χ2n) is 3.91. The van der Waals surface area contributed by atoms with Crippen molar-refractivity contribution < 1.29 is 4.79 Å². The zero-order chi connectivity index (χ0) is 10.7. The van der Waals surface area contributed by atoms with E-state index in [2.05, 4.69) is 5.32 Å². The minimum atomic E-state index is 0.139. The number of hydrogen-bond donors (Lipinski definition) is 1. The zero-order valence-corrected chi connectivity index (χ0v) is 9.26. The molecule has 1 saturated heterocycles. The summed E-state index contributed by atoms with van der Waals surface area (Å²) in [5, 5.41) is 3.92. The molecule has 2 rings (SSSR count). The fourth-order valence-electron chi connectivity index (χ4n) is 1.93. The van der Waals surface area contributed by atoms with Crippen LogP contribution in [0.2, 0.25) is 5.02 Å². The standard InChI is InChI=1S/C12H14ClNO/c13-11-5-3-9(4-6-11)12(15)10-2-1-7-14-8-10/h3-6,10,14H,1-2,7-8H2/t10-/m0/s1. The van der Waals surface area contributed by atoms with Crippen molar-refractivity contribution in [2.45, 2.75) is 12.8 Å². The highest BCUT2D eigenvalue weighted by atomic mass is 35.5. The highest BCUT2D eigenvalue weighted by Crippen LogP contribution is 2.18. The monoisotopic (exact) mass is 223 g/mol. The molecule has 80 valence electrons. The van der Waals surface area contributed by atoms with E-state index in [-0.39, 0.29) is 11.7 Å². The number of nitrogens with one attached hydrogen (secondary N) is 1. The first-order chi connectivity index (χ1) is 7.27. The van der Waals surface area contributed by atoms with Gasteiger partial charge in [0.15, 0.2) is 5.78 Å². The first-order valence-corrected chi connectivity index (χ1v) is 5.65. The van der Waals surface area contributed by atoms with Crippen molar-refractivity contribution in [3.63, 3.8) is 0 Å². The van der Waals surface area contributed by atoms with Gasteiger partial charge < -0.3 is 5.32 Å². The largest absolute Gasteiger partial charge is 0.316 e. The molecule has 1 aromatic rings. The average molecular weight is 224 g/mol. The van der Waals surface area contributed by atoms with Crippen LogP contribution in [0.4, 0.5) is 0 Å². The SMILES string of the molecule is O=C(c1ccc(Cl)cc1)[C@H]1CCCNC1. The van der Waals surface area contributed by atoms with E-state index in [1.807, 2.05) is 0 Å². The van der Waals surface area contributed by atoms with Gasteiger partial charge in [0.25, 0.3) is 0 Å². The van der Waals surface area contributed by atoms with Crippen LogP contribution in [0.5, 0.6) is 0 Å². The lowest BCUT2D eigenvalue weighted by Crippen LogP contribution is -2.34. The van der Waals surface area contributed by atoms with Gasteiger partial charge in [0, 0.05) is 23.0 Å². The highest BCUT2D eigenvalue weighted by molar-refractivity contribution is 6.30. The Hall–Kier alpha value is -0.860. The molecular formula is C12H14ClNO. The normalized spacial score (nSPS) is 21.3. The van der Waals surface area contributed by atoms with Crippen LogP contribution in [0.1, 0.15) is 23.2 Å². The molecule has 0 bridgehead atoms. The first kappa shape index (κ1) is 10.7. The van der Waals surface area contributed by atoms with Crippen molar-refractivity contribution in [2.24, 2.45) is 5.92 Å². The van der Waals surface area contributed by atoms with Crippen LogP contribution >= 0.6 is 11.6 Å². The summed E-state index contributed by atoms with van der Waals surface area (Å²) in [7, 11) is 0. The van der Waals surface area contributed by atoms with Gasteiger partial charge in [-0.05, 0) is 43.7 Å². The number of ketones is 1. The molecule has 1 aromatic carbocycles. The van der Waals surface area contributed by atoms with Gasteiger partial charge in [0.2, 0.25) is 0 Å². The van der Waals surface area contributed by atoms with Crippen molar-refractivity contribution in [1.29, 1.82) is 0 Å². The summed E-state index contributed by atoms with van der Waals surface area (Å²) in [6.07, 6.45) is 2.08. The van der Waals surface area contributed by atoms with Gasteiger partial charge >= 0.3 is 0 Å². The molecule has 0 spiro atoms. The summed E-state index contributed by atoms with van der Waals surface area (Å²) < 4.78 is 0. The van der Waals surface area contributed by atoms with E-state index >= 15 is 0 Å². The number of carbonyl (C=O) groups excluding carboxylic acids is 1. The number of carbonyl (C=O) groups is 1. The van der Waals surface area contributed by atoms with Crippen LogP contribution in [0.15, 0.2) is 24.3 Å². The maximum Gasteiger partial charge on any atom is 0.167 e. The lowest BCUT2D eigenvalue weighted by Gasteiger charge is -2.21. The maximum atomic E-state index is 12.0. The Morgan fingerprint density at radius 1 is 1.33 bits per heavy atom. The molecule has 0 aliphatic carbocycles. The molecule has 1 atom stereocenters. The highest BCUT2D eigenvalue weighted by Gasteiger charge is 2.21. The Labute approximate surface area is 94.6 Å². The van der Waals surface area contributed by atoms with E-state index in [1.165, 1.54) is 0 Å². The quantitative estimate of drug-likeness (QED) is 0.781. The van der Waals surface area contributed by atoms with Crippen LogP contribution < -0.4 is 5.32 Å². The fraction of sp³-hybridized carbons (Fsp3) is 0.417. The Morgan fingerprint density at radius 3 is 2.67 bits per heavy atom. The molecule has 0 radical (unpaired) electrons. The molecule has 15 heavy (non-hydrogen) atoms. The molecular weight excluding hydrogens is 210 g/mol. The van der Waals surface area contributed by atoms with Gasteiger partial charge in [-0.2, -0.15) is 0 Å². The summed E-state index contributed by atoms with van der Waals surface area (Å²) in [6, 6.07) is 7.15. The predicted octanol–water partition coefficient (Wildman–Crippen LogP) is 2.52. The number of rotatable bonds is 2. The Bertz CT molecular complexity index is 341. The van der Waals surface area contributed by atoms with Crippen LogP contribution in [0.3, 0.4) is 0 Å². The van der Waals surface area contributed by atoms with Crippen LogP contribution in [-0.4, -0.2) is 18.9 Å². The average Bonchev–Trinajstić information content (AvgIpc) is 2.30. The molecule has 0 saturated carbocycles. The lowest BCUT2D eigenvalue weighted by molar-refractivity contribution is 0.0899. The van der Waals surface area contributed by atoms with Crippen molar-refractivity contribution >= 4 is 17.4 Å². The third-order valence-corrected chi connectivity index (χ3v) is 3.05. The molecule has 1 fully saturated rings. The Balaban J connectivity index is 2.09. The van der Waals surface area contributed by atoms with Crippen molar-refractivity contribution in [3.05, 3.63) is 34.9 Å². The van der Waals surface area contributed by atoms with Crippen molar-refractivity contribution in [1.82, 2.24) is 5.32 Å². The second-order valence-corrected chi connectivity index (χ2v) is 4.35. The van der Waals surface area contributed by atoms with Gasteiger partial charge in [-0.1, -0.05) is 11.6 Å². The number of piperidine rings is 1. The molecule has 1 heterocycles. The third kappa shape index (κ3) is 2.58. The van der Waals surface area contributed by atoms with E-state index in [0.717, 1.165) is 31.5 Å². The van der Waals surface area contributed by atoms with Crippen molar-refractivity contribution in [3.8, 4) is 0 Å². The van der Waals surface area contributed by atoms with E-state index < -0.39 is 0 Å². The predicted molar refractivity (Wildman–Crippen MR) is 61.4 cm³/mol. The molecule has 1 N–H and O–H groups in total. The van der Waals surface area contributed by atoms with Gasteiger partial charge in [-0.3, -0.25) is 4.79 Å². The van der Waals surface area contributed by atoms with Crippen LogP contribution in [0.25, 0.3) is 0 Å². The molecule has 0 unspecified atom stereocenters. The Kier molecular flexibility index (Phi) is 3.39. The molecule has 1 aliphatic heterocycles. The minimum absolute atomic E-state index is 0.139. The van der Waals surface area contributed by atoms with E-state index in [0.29, 0.717) is 5.02 Å². The molecule has 1 aliphatic rings. The lowest BCUT2D eigenvalue weighted by atomic mass is 9.91. The van der Waals surface area contributed by atoms with E-state index in [4.69, 9.17) is 11.6 Å². The van der Waals surface area contributed by atoms with E-state index in [1.54, 1.807) is 24.3 Å². The number of halogens is 1. The van der Waals surface area contributed by atoms with Crippen molar-refractivity contribution in [2.75, 3.05) is 13.1 Å². The van der Waals surface area contributed by atoms with Gasteiger partial charge in [-0.15, -0.1) is 0 Å². The maximum absolute atomic E-state index is 12.0. The van der Waals surface area contributed by atoms with Gasteiger partial charge in [0.05, 0.1) is 0 Å². The number of Topliss-reactive ketones (excluding diaryl/α,β-unsaturated/α-hetero) is 1.